The van der Waals surface area contributed by atoms with Gasteiger partial charge in [-0.05, 0) is 5.92 Å². The van der Waals surface area contributed by atoms with Crippen molar-refractivity contribution in [3.63, 3.8) is 0 Å². The number of aliphatic hydroxyl groups excluding tert-OH is 2. The van der Waals surface area contributed by atoms with Crippen molar-refractivity contribution < 1.29 is 15.3 Å². The first-order chi connectivity index (χ1) is 6.24. The lowest BCUT2D eigenvalue weighted by Gasteiger charge is -2.07. The molecule has 0 aromatic carbocycles. The Bertz CT molecular complexity index is 355. The average molecular weight is 179 g/mol. The van der Waals surface area contributed by atoms with Crippen LogP contribution in [0.15, 0.2) is 6.20 Å². The molecular formula is C9H9NO3. The summed E-state index contributed by atoms with van der Waals surface area (Å²) in [5, 5.41) is 27.1. The number of aliphatic hydroxyl groups is 2. The minimum absolute atomic E-state index is 0.0706. The molecule has 0 fully saturated rings. The van der Waals surface area contributed by atoms with Crippen molar-refractivity contribution in [1.82, 2.24) is 4.98 Å². The monoisotopic (exact) mass is 179 g/mol. The predicted octanol–water partition coefficient (Wildman–Crippen LogP) is -0.247. The highest BCUT2D eigenvalue weighted by atomic mass is 16.3. The van der Waals surface area contributed by atoms with Crippen LogP contribution in [0.25, 0.3) is 0 Å². The van der Waals surface area contributed by atoms with E-state index in [1.54, 1.807) is 0 Å². The zero-order valence-electron chi connectivity index (χ0n) is 6.86. The van der Waals surface area contributed by atoms with Crippen LogP contribution < -0.4 is 0 Å². The van der Waals surface area contributed by atoms with Crippen molar-refractivity contribution in [3.8, 4) is 18.1 Å². The number of terminal acetylenes is 1. The van der Waals surface area contributed by atoms with Gasteiger partial charge in [0.25, 0.3) is 0 Å². The van der Waals surface area contributed by atoms with Crippen LogP contribution >= 0.6 is 0 Å². The summed E-state index contributed by atoms with van der Waals surface area (Å²) >= 11 is 0. The number of rotatable bonds is 2. The molecule has 0 saturated carbocycles. The summed E-state index contributed by atoms with van der Waals surface area (Å²) in [6.07, 6.45) is 6.38. The Morgan fingerprint density at radius 1 is 1.38 bits per heavy atom. The van der Waals surface area contributed by atoms with Crippen molar-refractivity contribution in [3.05, 3.63) is 23.0 Å². The Kier molecular flexibility index (Phi) is 2.85. The summed E-state index contributed by atoms with van der Waals surface area (Å²) in [4.78, 5) is 3.72. The van der Waals surface area contributed by atoms with Crippen LogP contribution in [-0.4, -0.2) is 20.3 Å². The highest BCUT2D eigenvalue weighted by molar-refractivity contribution is 5.47. The van der Waals surface area contributed by atoms with E-state index < -0.39 is 0 Å². The van der Waals surface area contributed by atoms with Crippen LogP contribution in [0.4, 0.5) is 0 Å². The highest BCUT2D eigenvalue weighted by Crippen LogP contribution is 2.23. The number of hydrogen-bond donors (Lipinski definition) is 3. The Labute approximate surface area is 75.5 Å². The largest absolute Gasteiger partial charge is 0.505 e. The molecule has 0 aliphatic heterocycles. The lowest BCUT2D eigenvalue weighted by atomic mass is 10.1. The van der Waals surface area contributed by atoms with Crippen LogP contribution in [0.5, 0.6) is 5.75 Å². The van der Waals surface area contributed by atoms with Crippen LogP contribution in [-0.2, 0) is 13.2 Å². The molecule has 1 rings (SSSR count). The molecule has 13 heavy (non-hydrogen) atoms. The third-order valence-electron chi connectivity index (χ3n) is 1.71. The summed E-state index contributed by atoms with van der Waals surface area (Å²) < 4.78 is 0. The standard InChI is InChI=1S/C9H9NO3/c1-2-8-9(13)7(5-12)6(4-11)3-10-8/h1,3,11-13H,4-5H2. The van der Waals surface area contributed by atoms with Crippen LogP contribution in [0.2, 0.25) is 0 Å². The third-order valence-corrected chi connectivity index (χ3v) is 1.71. The Balaban J connectivity index is 3.34. The van der Waals surface area contributed by atoms with Gasteiger partial charge >= 0.3 is 0 Å². The second-order valence-electron chi connectivity index (χ2n) is 2.42. The molecule has 4 nitrogen and oxygen atoms in total. The average Bonchev–Trinajstić information content (AvgIpc) is 2.17. The lowest BCUT2D eigenvalue weighted by Crippen LogP contribution is -1.98. The summed E-state index contributed by atoms with van der Waals surface area (Å²) in [5.74, 6) is 1.93. The maximum absolute atomic E-state index is 9.42. The highest BCUT2D eigenvalue weighted by Gasteiger charge is 2.10. The second kappa shape index (κ2) is 3.90. The van der Waals surface area contributed by atoms with E-state index in [9.17, 15) is 5.11 Å². The van der Waals surface area contributed by atoms with E-state index in [1.165, 1.54) is 6.20 Å². The molecule has 1 aromatic heterocycles. The van der Waals surface area contributed by atoms with E-state index in [0.29, 0.717) is 5.56 Å². The quantitative estimate of drug-likeness (QED) is 0.547. The number of hydrogen-bond acceptors (Lipinski definition) is 4. The SMILES string of the molecule is C#Cc1ncc(CO)c(CO)c1O. The van der Waals surface area contributed by atoms with Gasteiger partial charge in [0, 0.05) is 17.3 Å². The molecule has 68 valence electrons. The summed E-state index contributed by atoms with van der Waals surface area (Å²) in [6, 6.07) is 0. The minimum Gasteiger partial charge on any atom is -0.505 e. The maximum atomic E-state index is 9.42. The van der Waals surface area contributed by atoms with E-state index in [4.69, 9.17) is 16.6 Å². The minimum atomic E-state index is -0.376. The fourth-order valence-corrected chi connectivity index (χ4v) is 0.995. The second-order valence-corrected chi connectivity index (χ2v) is 2.42. The molecule has 0 unspecified atom stereocenters. The molecule has 1 heterocycles. The molecule has 0 spiro atoms. The molecule has 0 bridgehead atoms. The Morgan fingerprint density at radius 3 is 2.54 bits per heavy atom. The van der Waals surface area contributed by atoms with Gasteiger partial charge in [-0.2, -0.15) is 0 Å². The summed E-state index contributed by atoms with van der Waals surface area (Å²) in [6.45, 7) is -0.666. The number of nitrogens with zero attached hydrogens (tertiary/aromatic N) is 1. The Morgan fingerprint density at radius 2 is 2.08 bits per heavy atom. The molecule has 0 aliphatic carbocycles. The first-order valence-corrected chi connectivity index (χ1v) is 3.62. The smallest absolute Gasteiger partial charge is 0.155 e. The van der Waals surface area contributed by atoms with Crippen LogP contribution in [0.1, 0.15) is 16.8 Å². The first kappa shape index (κ1) is 9.52. The number of aromatic hydroxyl groups is 1. The lowest BCUT2D eigenvalue weighted by molar-refractivity contribution is 0.254. The van der Waals surface area contributed by atoms with Crippen molar-refractivity contribution in [2.75, 3.05) is 0 Å². The molecule has 0 amide bonds. The van der Waals surface area contributed by atoms with Crippen molar-refractivity contribution in [1.29, 1.82) is 0 Å². The van der Waals surface area contributed by atoms with E-state index in [2.05, 4.69) is 10.9 Å². The van der Waals surface area contributed by atoms with Gasteiger partial charge in [0.2, 0.25) is 0 Å². The van der Waals surface area contributed by atoms with Crippen molar-refractivity contribution in [2.24, 2.45) is 0 Å². The van der Waals surface area contributed by atoms with E-state index in [-0.39, 0.29) is 30.2 Å². The number of pyridine rings is 1. The van der Waals surface area contributed by atoms with Gasteiger partial charge in [0.15, 0.2) is 11.4 Å². The van der Waals surface area contributed by atoms with Gasteiger partial charge in [-0.3, -0.25) is 0 Å². The van der Waals surface area contributed by atoms with Crippen molar-refractivity contribution in [2.45, 2.75) is 13.2 Å². The molecule has 0 saturated heterocycles. The van der Waals surface area contributed by atoms with Gasteiger partial charge in [0.05, 0.1) is 13.2 Å². The van der Waals surface area contributed by atoms with E-state index >= 15 is 0 Å². The molecule has 0 atom stereocenters. The molecule has 4 heteroatoms. The van der Waals surface area contributed by atoms with Gasteiger partial charge < -0.3 is 15.3 Å². The molecule has 0 radical (unpaired) electrons. The van der Waals surface area contributed by atoms with Gasteiger partial charge in [-0.1, -0.05) is 0 Å². The molecule has 1 aromatic rings. The zero-order valence-corrected chi connectivity index (χ0v) is 6.86. The van der Waals surface area contributed by atoms with Crippen molar-refractivity contribution >= 4 is 0 Å². The van der Waals surface area contributed by atoms with Crippen LogP contribution in [0, 0.1) is 12.3 Å². The third kappa shape index (κ3) is 1.61. The zero-order chi connectivity index (χ0) is 9.84. The van der Waals surface area contributed by atoms with E-state index in [1.807, 2.05) is 0 Å². The van der Waals surface area contributed by atoms with Crippen LogP contribution in [0.3, 0.4) is 0 Å². The normalized spacial score (nSPS) is 9.62. The number of aromatic nitrogens is 1. The molecular weight excluding hydrogens is 170 g/mol. The van der Waals surface area contributed by atoms with Gasteiger partial charge in [0.1, 0.15) is 0 Å². The topological polar surface area (TPSA) is 73.6 Å². The fourth-order valence-electron chi connectivity index (χ4n) is 0.995. The predicted molar refractivity (Wildman–Crippen MR) is 45.7 cm³/mol. The molecule has 0 aliphatic rings. The Hall–Kier alpha value is -1.57. The van der Waals surface area contributed by atoms with E-state index in [0.717, 1.165) is 0 Å². The summed E-state index contributed by atoms with van der Waals surface area (Å²) in [5.41, 5.74) is 0.672. The maximum Gasteiger partial charge on any atom is 0.155 e. The fraction of sp³-hybridized carbons (Fsp3) is 0.222. The molecule has 3 N–H and O–H groups in total. The summed E-state index contributed by atoms with van der Waals surface area (Å²) in [7, 11) is 0. The first-order valence-electron chi connectivity index (χ1n) is 3.62. The van der Waals surface area contributed by atoms with Gasteiger partial charge in [-0.25, -0.2) is 4.98 Å². The van der Waals surface area contributed by atoms with Gasteiger partial charge in [-0.15, -0.1) is 6.42 Å².